The Morgan fingerprint density at radius 3 is 1.42 bits per heavy atom. The van der Waals surface area contributed by atoms with Gasteiger partial charge in [-0.2, -0.15) is 21.0 Å². The monoisotopic (exact) mass is 464 g/mol. The van der Waals surface area contributed by atoms with Crippen LogP contribution in [0.2, 0.25) is 0 Å². The molecule has 0 saturated carbocycles. The molecule has 8 heteroatoms. The van der Waals surface area contributed by atoms with Crippen LogP contribution in [0.1, 0.15) is 30.5 Å². The molecule has 0 aliphatic carbocycles. The van der Waals surface area contributed by atoms with E-state index in [-0.39, 0.29) is 44.0 Å². The van der Waals surface area contributed by atoms with E-state index in [2.05, 4.69) is 19.7 Å². The van der Waals surface area contributed by atoms with Gasteiger partial charge in [-0.15, -0.1) is 0 Å². The number of aromatic nitrogens is 2. The lowest BCUT2D eigenvalue weighted by molar-refractivity contribution is 1.24. The first-order chi connectivity index (χ1) is 20.1. The third kappa shape index (κ3) is 4.30. The topological polar surface area (TPSA) is 130 Å². The highest BCUT2D eigenvalue weighted by Crippen LogP contribution is 2.23. The van der Waals surface area contributed by atoms with Crippen LogP contribution in [0.25, 0.3) is 31.9 Å². The SMILES string of the molecule is [2H]c1c(C#N)c([2H])c(/C(C#N)=c2\ccc3n/c(=C(/C#N)c4c([2H])c(C#N)c([2H])c([N+]#[C-])c4[2H])ccc3n2)c([2H])c1[N+]#[C-]. The third-order valence-corrected chi connectivity index (χ3v) is 4.70. The van der Waals surface area contributed by atoms with E-state index in [1.807, 2.05) is 12.1 Å². The highest BCUT2D eigenvalue weighted by molar-refractivity contribution is 5.83. The van der Waals surface area contributed by atoms with E-state index < -0.39 is 58.8 Å². The molecule has 0 spiro atoms. The fourth-order valence-electron chi connectivity index (χ4n) is 3.16. The molecule has 0 atom stereocenters. The average molecular weight is 464 g/mol. The van der Waals surface area contributed by atoms with E-state index in [0.29, 0.717) is 0 Å². The lowest BCUT2D eigenvalue weighted by Gasteiger charge is -2.04. The van der Waals surface area contributed by atoms with Gasteiger partial charge in [0.05, 0.1) is 63.6 Å². The Bertz CT molecular complexity index is 2040. The Morgan fingerprint density at radius 2 is 1.08 bits per heavy atom. The molecule has 0 unspecified atom stereocenters. The molecule has 2 aromatic carbocycles. The second-order valence-corrected chi connectivity index (χ2v) is 6.80. The summed E-state index contributed by atoms with van der Waals surface area (Å²) in [5.74, 6) is 0. The second-order valence-electron chi connectivity index (χ2n) is 6.80. The van der Waals surface area contributed by atoms with Gasteiger partial charge in [-0.1, -0.05) is 0 Å². The zero-order valence-corrected chi connectivity index (χ0v) is 17.9. The van der Waals surface area contributed by atoms with Crippen molar-refractivity contribution < 1.29 is 8.22 Å². The summed E-state index contributed by atoms with van der Waals surface area (Å²) < 4.78 is 49.3. The Hall–Kier alpha value is -6.32. The van der Waals surface area contributed by atoms with E-state index in [1.165, 1.54) is 24.3 Å². The van der Waals surface area contributed by atoms with Crippen molar-refractivity contribution in [1.29, 1.82) is 21.0 Å². The van der Waals surface area contributed by atoms with Crippen molar-refractivity contribution in [3.05, 3.63) is 116 Å². The number of rotatable bonds is 2. The zero-order chi connectivity index (χ0) is 30.9. The van der Waals surface area contributed by atoms with Crippen LogP contribution < -0.4 is 10.7 Å². The van der Waals surface area contributed by atoms with Gasteiger partial charge in [0.2, 0.25) is 0 Å². The molecule has 2 aromatic heterocycles. The fraction of sp³-hybridized carbons (Fsp3) is 0. The molecule has 0 N–H and O–H groups in total. The molecular formula is C28H10N8. The predicted molar refractivity (Wildman–Crippen MR) is 130 cm³/mol. The van der Waals surface area contributed by atoms with Crippen molar-refractivity contribution >= 4 is 33.6 Å². The summed E-state index contributed by atoms with van der Waals surface area (Å²) in [6.07, 6.45) is 0. The molecule has 4 aromatic rings. The molecule has 4 rings (SSSR count). The zero-order valence-electron chi connectivity index (χ0n) is 23.9. The summed E-state index contributed by atoms with van der Waals surface area (Å²) in [6, 6.07) is 9.19. The van der Waals surface area contributed by atoms with Crippen LogP contribution in [-0.4, -0.2) is 9.97 Å². The van der Waals surface area contributed by atoms with Crippen molar-refractivity contribution in [3.63, 3.8) is 0 Å². The van der Waals surface area contributed by atoms with E-state index in [1.54, 1.807) is 12.1 Å². The van der Waals surface area contributed by atoms with Gasteiger partial charge >= 0.3 is 0 Å². The maximum absolute atomic E-state index is 9.93. The summed E-state index contributed by atoms with van der Waals surface area (Å²) in [7, 11) is 0. The van der Waals surface area contributed by atoms with Gasteiger partial charge < -0.3 is 0 Å². The molecule has 0 amide bonds. The largest absolute Gasteiger partial charge is 0.245 e. The number of hydrogen-bond donors (Lipinski definition) is 0. The Morgan fingerprint density at radius 1 is 0.667 bits per heavy atom. The summed E-state index contributed by atoms with van der Waals surface area (Å²) in [6.45, 7) is 14.6. The number of benzene rings is 2. The maximum atomic E-state index is 9.93. The van der Waals surface area contributed by atoms with Gasteiger partial charge in [-0.25, -0.2) is 19.7 Å². The first-order valence-corrected chi connectivity index (χ1v) is 9.75. The van der Waals surface area contributed by atoms with Crippen LogP contribution >= 0.6 is 0 Å². The van der Waals surface area contributed by atoms with Crippen molar-refractivity contribution in [2.75, 3.05) is 0 Å². The van der Waals surface area contributed by atoms with Gasteiger partial charge in [0.25, 0.3) is 0 Å². The number of pyridine rings is 2. The first kappa shape index (κ1) is 16.3. The quantitative estimate of drug-likeness (QED) is 0.413. The standard InChI is InChI=1S/C28H10N8/c1-33-21-9-17(13-29)7-19(11-21)23(15-31)25-3-5-28-27(35-25)6-4-26(36-28)24(16-32)20-8-18(14-30)10-22(12-20)34-2/h3-12H/b25-23-,26-24+/i7D,8D,9D,10D,11D,12D. The minimum Gasteiger partial charge on any atom is -0.245 e. The third-order valence-electron chi connectivity index (χ3n) is 4.70. The van der Waals surface area contributed by atoms with Crippen LogP contribution in [0.4, 0.5) is 11.4 Å². The minimum atomic E-state index is -0.578. The van der Waals surface area contributed by atoms with Crippen molar-refractivity contribution in [3.8, 4) is 24.3 Å². The smallest absolute Gasteiger partial charge is 0.189 e. The van der Waals surface area contributed by atoms with Crippen LogP contribution in [-0.2, 0) is 0 Å². The summed E-state index contributed by atoms with van der Waals surface area (Å²) in [5.41, 5.74) is -2.75. The lowest BCUT2D eigenvalue weighted by Crippen LogP contribution is -2.15. The molecule has 36 heavy (non-hydrogen) atoms. The van der Waals surface area contributed by atoms with E-state index in [4.69, 9.17) is 21.4 Å². The molecule has 0 fully saturated rings. The Labute approximate surface area is 213 Å². The highest BCUT2D eigenvalue weighted by Gasteiger charge is 2.10. The number of nitrogens with zero attached hydrogens (tertiary/aromatic N) is 8. The minimum absolute atomic E-state index is 0.0168. The van der Waals surface area contributed by atoms with Gasteiger partial charge in [-0.05, 0) is 71.6 Å². The van der Waals surface area contributed by atoms with Crippen molar-refractivity contribution in [2.45, 2.75) is 0 Å². The van der Waals surface area contributed by atoms with Crippen LogP contribution in [0.3, 0.4) is 0 Å². The van der Waals surface area contributed by atoms with E-state index in [9.17, 15) is 21.0 Å². The van der Waals surface area contributed by atoms with Crippen LogP contribution in [0, 0.1) is 58.5 Å². The Kier molecular flexibility index (Phi) is 4.38. The van der Waals surface area contributed by atoms with Gasteiger partial charge in [-0.3, -0.25) is 0 Å². The maximum Gasteiger partial charge on any atom is 0.189 e. The molecule has 8 nitrogen and oxygen atoms in total. The summed E-state index contributed by atoms with van der Waals surface area (Å²) >= 11 is 0. The van der Waals surface area contributed by atoms with Crippen LogP contribution in [0.5, 0.6) is 0 Å². The predicted octanol–water partition coefficient (Wildman–Crippen LogP) is 3.92. The van der Waals surface area contributed by atoms with E-state index >= 15 is 0 Å². The lowest BCUT2D eigenvalue weighted by atomic mass is 10.0. The van der Waals surface area contributed by atoms with Crippen molar-refractivity contribution in [1.82, 2.24) is 9.97 Å². The fourth-order valence-corrected chi connectivity index (χ4v) is 3.16. The van der Waals surface area contributed by atoms with Gasteiger partial charge in [0.15, 0.2) is 11.4 Å². The molecule has 0 aliphatic heterocycles. The number of hydrogen-bond acceptors (Lipinski definition) is 6. The summed E-state index contributed by atoms with van der Waals surface area (Å²) in [5, 5.41) is 38.7. The normalized spacial score (nSPS) is 13.8. The van der Waals surface area contributed by atoms with Gasteiger partial charge in [0.1, 0.15) is 12.1 Å². The summed E-state index contributed by atoms with van der Waals surface area (Å²) in [4.78, 5) is 15.0. The molecule has 2 heterocycles. The van der Waals surface area contributed by atoms with Gasteiger partial charge in [0, 0.05) is 13.9 Å². The molecule has 0 aliphatic rings. The Balaban J connectivity index is 2.06. The second kappa shape index (κ2) is 9.67. The first-order valence-electron chi connectivity index (χ1n) is 12.8. The van der Waals surface area contributed by atoms with Crippen molar-refractivity contribution in [2.24, 2.45) is 0 Å². The van der Waals surface area contributed by atoms with Crippen LogP contribution in [0.15, 0.2) is 60.5 Å². The average Bonchev–Trinajstić information content (AvgIpc) is 2.98. The molecular weight excluding hydrogens is 448 g/mol. The number of fused-ring (bicyclic) bond motifs is 1. The molecule has 162 valence electrons. The molecule has 0 bridgehead atoms. The van der Waals surface area contributed by atoms with E-state index in [0.717, 1.165) is 0 Å². The highest BCUT2D eigenvalue weighted by atomic mass is 14.8. The number of nitriles is 4. The molecule has 0 saturated heterocycles. The molecule has 0 radical (unpaired) electrons.